The number of aliphatic hydroxyl groups is 1. The van der Waals surface area contributed by atoms with Crippen molar-refractivity contribution in [3.05, 3.63) is 90.2 Å². The molecule has 0 atom stereocenters. The Morgan fingerprint density at radius 3 is 2.65 bits per heavy atom. The molecule has 1 amide bonds. The summed E-state index contributed by atoms with van der Waals surface area (Å²) in [5, 5.41) is 16.5. The lowest BCUT2D eigenvalue weighted by molar-refractivity contribution is -0.0194. The van der Waals surface area contributed by atoms with Crippen molar-refractivity contribution < 1.29 is 14.3 Å². The van der Waals surface area contributed by atoms with Crippen LogP contribution in [-0.2, 0) is 0 Å². The molecule has 0 saturated carbocycles. The SMILES string of the molecule is CN1CCC(O)(CCNc2cc(-n3c4ccccc4c4c(-c5nc6ccc(F)cc6[nH]5)cccc43)ccc2C(N)=O)CC1. The van der Waals surface area contributed by atoms with Crippen LogP contribution in [0.1, 0.15) is 29.6 Å². The summed E-state index contributed by atoms with van der Waals surface area (Å²) in [6, 6.07) is 24.4. The maximum atomic E-state index is 13.9. The minimum absolute atomic E-state index is 0.318. The first-order valence-electron chi connectivity index (χ1n) is 14.6. The molecule has 0 bridgehead atoms. The molecule has 7 rings (SSSR count). The molecular weight excluding hydrogens is 543 g/mol. The molecule has 2 aromatic heterocycles. The summed E-state index contributed by atoms with van der Waals surface area (Å²) < 4.78 is 16.1. The van der Waals surface area contributed by atoms with Gasteiger partial charge < -0.3 is 30.6 Å². The number of para-hydroxylation sites is 1. The second kappa shape index (κ2) is 10.5. The van der Waals surface area contributed by atoms with Crippen LogP contribution in [0.3, 0.4) is 0 Å². The second-order valence-electron chi connectivity index (χ2n) is 11.6. The minimum atomic E-state index is -0.727. The average molecular weight is 577 g/mol. The van der Waals surface area contributed by atoms with E-state index < -0.39 is 11.5 Å². The molecule has 4 aromatic carbocycles. The van der Waals surface area contributed by atoms with Crippen molar-refractivity contribution in [2.75, 3.05) is 32.0 Å². The second-order valence-corrected chi connectivity index (χ2v) is 11.6. The fourth-order valence-corrected chi connectivity index (χ4v) is 6.35. The zero-order chi connectivity index (χ0) is 29.7. The molecule has 6 aromatic rings. The van der Waals surface area contributed by atoms with Crippen LogP contribution in [0.15, 0.2) is 78.9 Å². The van der Waals surface area contributed by atoms with Crippen molar-refractivity contribution in [1.82, 2.24) is 19.4 Å². The molecule has 0 spiro atoms. The fourth-order valence-electron chi connectivity index (χ4n) is 6.35. The van der Waals surface area contributed by atoms with Crippen LogP contribution in [0, 0.1) is 5.82 Å². The molecule has 0 radical (unpaired) electrons. The highest BCUT2D eigenvalue weighted by Gasteiger charge is 2.30. The molecule has 9 heteroatoms. The number of carbonyl (C=O) groups is 1. The number of hydrogen-bond donors (Lipinski definition) is 4. The lowest BCUT2D eigenvalue weighted by atomic mass is 9.88. The number of primary amides is 1. The summed E-state index contributed by atoms with van der Waals surface area (Å²) in [7, 11) is 2.07. The van der Waals surface area contributed by atoms with Crippen LogP contribution in [0.2, 0.25) is 0 Å². The maximum absolute atomic E-state index is 13.9. The zero-order valence-electron chi connectivity index (χ0n) is 23.9. The molecule has 0 unspecified atom stereocenters. The zero-order valence-corrected chi connectivity index (χ0v) is 23.9. The van der Waals surface area contributed by atoms with E-state index in [1.54, 1.807) is 12.1 Å². The van der Waals surface area contributed by atoms with E-state index in [0.29, 0.717) is 41.1 Å². The number of nitrogens with zero attached hydrogens (tertiary/aromatic N) is 3. The van der Waals surface area contributed by atoms with Crippen LogP contribution in [0.4, 0.5) is 10.1 Å². The molecule has 0 aliphatic carbocycles. The van der Waals surface area contributed by atoms with Crippen molar-refractivity contribution in [2.45, 2.75) is 24.9 Å². The van der Waals surface area contributed by atoms with E-state index in [9.17, 15) is 14.3 Å². The lowest BCUT2D eigenvalue weighted by Gasteiger charge is -2.36. The predicted molar refractivity (Wildman–Crippen MR) is 169 cm³/mol. The number of H-pyrrole nitrogens is 1. The summed E-state index contributed by atoms with van der Waals surface area (Å²) in [5.41, 5.74) is 11.1. The van der Waals surface area contributed by atoms with Gasteiger partial charge in [-0.15, -0.1) is 0 Å². The fraction of sp³-hybridized carbons (Fsp3) is 0.235. The van der Waals surface area contributed by atoms with Gasteiger partial charge in [-0.3, -0.25) is 4.79 Å². The van der Waals surface area contributed by atoms with Crippen LogP contribution < -0.4 is 11.1 Å². The number of rotatable bonds is 7. The van der Waals surface area contributed by atoms with Gasteiger partial charge in [-0.2, -0.15) is 0 Å². The first-order valence-corrected chi connectivity index (χ1v) is 14.6. The van der Waals surface area contributed by atoms with Gasteiger partial charge in [0.05, 0.1) is 33.2 Å². The minimum Gasteiger partial charge on any atom is -0.390 e. The third kappa shape index (κ3) is 4.90. The first-order chi connectivity index (χ1) is 20.8. The summed E-state index contributed by atoms with van der Waals surface area (Å²) >= 11 is 0. The molecule has 3 heterocycles. The highest BCUT2D eigenvalue weighted by Crippen LogP contribution is 2.39. The Bertz CT molecular complexity index is 2000. The van der Waals surface area contributed by atoms with E-state index in [2.05, 4.69) is 45.0 Å². The number of carbonyl (C=O) groups excluding carboxylic acids is 1. The Morgan fingerprint density at radius 1 is 1.05 bits per heavy atom. The van der Waals surface area contributed by atoms with E-state index in [4.69, 9.17) is 10.7 Å². The number of amides is 1. The van der Waals surface area contributed by atoms with E-state index in [-0.39, 0.29) is 5.82 Å². The van der Waals surface area contributed by atoms with Gasteiger partial charge in [-0.05, 0) is 74.8 Å². The van der Waals surface area contributed by atoms with Crippen molar-refractivity contribution in [3.63, 3.8) is 0 Å². The maximum Gasteiger partial charge on any atom is 0.250 e. The Balaban J connectivity index is 1.31. The quantitative estimate of drug-likeness (QED) is 0.191. The third-order valence-electron chi connectivity index (χ3n) is 8.75. The van der Waals surface area contributed by atoms with Crippen LogP contribution in [0.25, 0.3) is 49.9 Å². The highest BCUT2D eigenvalue weighted by molar-refractivity contribution is 6.15. The van der Waals surface area contributed by atoms with Gasteiger partial charge in [0.1, 0.15) is 11.6 Å². The topological polar surface area (TPSA) is 112 Å². The molecular formula is C34H33FN6O2. The molecule has 1 fully saturated rings. The monoisotopic (exact) mass is 576 g/mol. The van der Waals surface area contributed by atoms with E-state index >= 15 is 0 Å². The van der Waals surface area contributed by atoms with E-state index in [0.717, 1.165) is 59.0 Å². The summed E-state index contributed by atoms with van der Waals surface area (Å²) in [4.78, 5) is 22.7. The molecule has 218 valence electrons. The van der Waals surface area contributed by atoms with Crippen LogP contribution in [0.5, 0.6) is 0 Å². The molecule has 1 saturated heterocycles. The van der Waals surface area contributed by atoms with Crippen LogP contribution in [-0.4, -0.2) is 62.7 Å². The molecule has 1 aliphatic heterocycles. The van der Waals surface area contributed by atoms with Gasteiger partial charge in [-0.25, -0.2) is 9.37 Å². The molecule has 43 heavy (non-hydrogen) atoms. The number of anilines is 1. The summed E-state index contributed by atoms with van der Waals surface area (Å²) in [6.07, 6.45) is 2.01. The van der Waals surface area contributed by atoms with Gasteiger partial charge in [0, 0.05) is 47.3 Å². The molecule has 8 nitrogen and oxygen atoms in total. The Kier molecular flexibility index (Phi) is 6.64. The Morgan fingerprint density at radius 2 is 1.84 bits per heavy atom. The van der Waals surface area contributed by atoms with E-state index in [1.165, 1.54) is 12.1 Å². The van der Waals surface area contributed by atoms with Crippen LogP contribution >= 0.6 is 0 Å². The average Bonchev–Trinajstić information content (AvgIpc) is 3.57. The van der Waals surface area contributed by atoms with Gasteiger partial charge >= 0.3 is 0 Å². The number of hydrogen-bond acceptors (Lipinski definition) is 5. The largest absolute Gasteiger partial charge is 0.390 e. The number of nitrogens with one attached hydrogen (secondary N) is 2. The first kappa shape index (κ1) is 27.1. The van der Waals surface area contributed by atoms with Gasteiger partial charge in [0.15, 0.2) is 0 Å². The number of aromatic amines is 1. The van der Waals surface area contributed by atoms with Gasteiger partial charge in [0.25, 0.3) is 5.91 Å². The normalized spacial score (nSPS) is 15.4. The lowest BCUT2D eigenvalue weighted by Crippen LogP contribution is -2.43. The summed E-state index contributed by atoms with van der Waals surface area (Å²) in [5.74, 6) is -0.174. The number of likely N-dealkylation sites (tertiary alicyclic amines) is 1. The number of piperidine rings is 1. The third-order valence-corrected chi connectivity index (χ3v) is 8.75. The summed E-state index contributed by atoms with van der Waals surface area (Å²) in [6.45, 7) is 2.23. The number of nitrogens with two attached hydrogens (primary N) is 1. The van der Waals surface area contributed by atoms with Crippen molar-refractivity contribution in [3.8, 4) is 17.1 Å². The number of benzene rings is 4. The van der Waals surface area contributed by atoms with E-state index in [1.807, 2.05) is 36.4 Å². The number of fused-ring (bicyclic) bond motifs is 4. The predicted octanol–water partition coefficient (Wildman–Crippen LogP) is 5.82. The smallest absolute Gasteiger partial charge is 0.250 e. The Labute approximate surface area is 247 Å². The standard InChI is InChI=1S/C34H33FN6O2/c1-40-17-14-34(43,15-18-40)13-16-37-27-20-22(10-11-23(27)32(36)42)41-29-7-3-2-5-24(29)31-25(6-4-8-30(31)41)33-38-26-12-9-21(35)19-28(26)39-33/h2-12,19-20,37,43H,13-18H2,1H3,(H2,36,42)(H,38,39). The van der Waals surface area contributed by atoms with Gasteiger partial charge in [0.2, 0.25) is 0 Å². The highest BCUT2D eigenvalue weighted by atomic mass is 19.1. The number of aromatic nitrogens is 3. The molecule has 5 N–H and O–H groups in total. The van der Waals surface area contributed by atoms with Crippen molar-refractivity contribution in [2.24, 2.45) is 5.73 Å². The number of imidazole rings is 1. The van der Waals surface area contributed by atoms with Crippen molar-refractivity contribution >= 4 is 44.4 Å². The molecule has 1 aliphatic rings. The Hall–Kier alpha value is -4.73. The number of halogens is 1. The van der Waals surface area contributed by atoms with Gasteiger partial charge in [-0.1, -0.05) is 30.3 Å². The van der Waals surface area contributed by atoms with Crippen molar-refractivity contribution in [1.29, 1.82) is 0 Å².